The number of aryl methyl sites for hydroxylation is 1. The van der Waals surface area contributed by atoms with Crippen LogP contribution in [0, 0.1) is 11.3 Å². The summed E-state index contributed by atoms with van der Waals surface area (Å²) >= 11 is 1.39. The number of methoxy groups -OCH3 is 2. The molecule has 328 valence electrons. The molecule has 16 nitrogen and oxygen atoms in total. The standard InChI is InChI=1S/C44H59N9O7S/c1-10-52-38(29-13-11-15-45-36(29)26(4)58-8)31-19-44(5,6)24-60-42(56)32-14-12-16-53(49-32)41(55)33(18-35-47-34(23-61-35)27-17-30(31)39(52)46-20-27)48-40(54)37(25(2)3)50(7)43(57)51-21-28(22-51)59-9/h11,13,15,17,20,23,25-26,28,32-33,37,49H,10,12,14,16,18-19,21-22,24H2,1-9H3,(H,48,54)/t26-,32-,33-,37?/m0/s1. The topological polar surface area (TPSA) is 173 Å². The number of ether oxygens (including phenoxy) is 3. The molecule has 0 radical (unpaired) electrons. The normalized spacial score (nSPS) is 20.8. The number of nitrogens with one attached hydrogen (secondary N) is 2. The van der Waals surface area contributed by atoms with E-state index in [-0.39, 0.29) is 37.2 Å². The van der Waals surface area contributed by atoms with E-state index >= 15 is 0 Å². The third kappa shape index (κ3) is 9.01. The van der Waals surface area contributed by atoms with Crippen molar-refractivity contribution < 1.29 is 33.4 Å². The van der Waals surface area contributed by atoms with Crippen molar-refractivity contribution in [1.82, 2.24) is 45.1 Å². The second-order valence-electron chi connectivity index (χ2n) is 17.5. The maximum atomic E-state index is 14.5. The molecule has 0 aliphatic carbocycles. The van der Waals surface area contributed by atoms with Gasteiger partial charge in [0, 0.05) is 80.5 Å². The quantitative estimate of drug-likeness (QED) is 0.217. The van der Waals surface area contributed by atoms with Crippen LogP contribution in [0.3, 0.4) is 0 Å². The van der Waals surface area contributed by atoms with Crippen LogP contribution < -0.4 is 10.7 Å². The fraction of sp³-hybridized carbons (Fsp3) is 0.568. The molecule has 6 bridgehead atoms. The number of likely N-dealkylation sites (N-methyl/N-ethyl adjacent to an activating group) is 1. The summed E-state index contributed by atoms with van der Waals surface area (Å²) in [5.74, 6) is -1.60. The Bertz CT molecular complexity index is 2270. The van der Waals surface area contributed by atoms with Gasteiger partial charge in [-0.3, -0.25) is 24.4 Å². The Balaban J connectivity index is 1.29. The van der Waals surface area contributed by atoms with E-state index in [2.05, 4.69) is 48.2 Å². The molecule has 1 unspecified atom stereocenters. The summed E-state index contributed by atoms with van der Waals surface area (Å²) in [5.41, 5.74) is 8.70. The summed E-state index contributed by atoms with van der Waals surface area (Å²) in [6.07, 6.45) is 4.95. The second kappa shape index (κ2) is 18.2. The van der Waals surface area contributed by atoms with Crippen LogP contribution in [0.4, 0.5) is 4.79 Å². The molecule has 4 aromatic heterocycles. The van der Waals surface area contributed by atoms with Crippen molar-refractivity contribution in [3.8, 4) is 22.5 Å². The Kier molecular flexibility index (Phi) is 13.1. The van der Waals surface area contributed by atoms with Gasteiger partial charge in [-0.15, -0.1) is 11.3 Å². The predicted molar refractivity (Wildman–Crippen MR) is 231 cm³/mol. The Morgan fingerprint density at radius 1 is 1.16 bits per heavy atom. The van der Waals surface area contributed by atoms with Gasteiger partial charge in [-0.05, 0) is 62.8 Å². The fourth-order valence-corrected chi connectivity index (χ4v) is 9.51. The molecule has 4 amide bonds. The van der Waals surface area contributed by atoms with Gasteiger partial charge >= 0.3 is 12.0 Å². The molecule has 2 fully saturated rings. The van der Waals surface area contributed by atoms with E-state index in [0.717, 1.165) is 39.1 Å². The number of cyclic esters (lactones) is 1. The zero-order chi connectivity index (χ0) is 43.7. The lowest BCUT2D eigenvalue weighted by atomic mass is 9.84. The van der Waals surface area contributed by atoms with E-state index < -0.39 is 41.3 Å². The molecular formula is C44H59N9O7S. The number of hydrazine groups is 1. The van der Waals surface area contributed by atoms with E-state index in [1.165, 1.54) is 21.2 Å². The number of hydrogen-bond donors (Lipinski definition) is 2. The molecule has 3 aliphatic heterocycles. The van der Waals surface area contributed by atoms with Gasteiger partial charge in [0.25, 0.3) is 5.91 Å². The molecule has 4 aromatic rings. The van der Waals surface area contributed by atoms with Gasteiger partial charge in [0.15, 0.2) is 0 Å². The lowest BCUT2D eigenvalue weighted by molar-refractivity contribution is -0.155. The molecule has 2 N–H and O–H groups in total. The van der Waals surface area contributed by atoms with Crippen LogP contribution in [0.15, 0.2) is 36.0 Å². The molecule has 0 spiro atoms. The number of urea groups is 1. The number of carbonyl (C=O) groups excluding carboxylic acids is 4. The number of hydrogen-bond acceptors (Lipinski definition) is 12. The number of thiazole rings is 1. The molecule has 0 aromatic carbocycles. The SMILES string of the molecule is CCn1c(-c2cccnc2[C@H](C)OC)c2c3cc(cnc31)-c1csc(n1)C[C@H](NC(=O)C(C(C)C)N(C)C(=O)N1CC(OC)C1)C(=O)N1CCC[C@H](N1)C(=O)OCC(C)(C)C2. The Morgan fingerprint density at radius 3 is 2.64 bits per heavy atom. The monoisotopic (exact) mass is 857 g/mol. The number of aromatic nitrogens is 4. The second-order valence-corrected chi connectivity index (χ2v) is 18.4. The first-order valence-electron chi connectivity index (χ1n) is 21.2. The fourth-order valence-electron chi connectivity index (χ4n) is 8.66. The van der Waals surface area contributed by atoms with Crippen molar-refractivity contribution in [3.05, 3.63) is 52.2 Å². The summed E-state index contributed by atoms with van der Waals surface area (Å²) in [6.45, 7) is 14.0. The van der Waals surface area contributed by atoms with Gasteiger partial charge in [-0.25, -0.2) is 20.2 Å². The Hall–Kier alpha value is -4.97. The molecule has 0 saturated carbocycles. The smallest absolute Gasteiger partial charge is 0.324 e. The highest BCUT2D eigenvalue weighted by Gasteiger charge is 2.40. The number of likely N-dealkylation sites (tertiary alicyclic amines) is 1. The van der Waals surface area contributed by atoms with Gasteiger partial charge in [-0.2, -0.15) is 0 Å². The number of fused-ring (bicyclic) bond motifs is 6. The first-order valence-corrected chi connectivity index (χ1v) is 22.1. The molecule has 17 heteroatoms. The zero-order valence-electron chi connectivity index (χ0n) is 36.7. The van der Waals surface area contributed by atoms with Gasteiger partial charge in [0.1, 0.15) is 23.8 Å². The average molecular weight is 858 g/mol. The first kappa shape index (κ1) is 44.1. The van der Waals surface area contributed by atoms with E-state index in [0.29, 0.717) is 56.1 Å². The average Bonchev–Trinajstić information content (AvgIpc) is 3.82. The van der Waals surface area contributed by atoms with Crippen molar-refractivity contribution in [3.63, 3.8) is 0 Å². The minimum Gasteiger partial charge on any atom is -0.464 e. The summed E-state index contributed by atoms with van der Waals surface area (Å²) in [6, 6.07) is 3.13. The Morgan fingerprint density at radius 2 is 1.93 bits per heavy atom. The highest BCUT2D eigenvalue weighted by atomic mass is 32.1. The minimum absolute atomic E-state index is 0.0407. The van der Waals surface area contributed by atoms with E-state index in [1.54, 1.807) is 32.4 Å². The van der Waals surface area contributed by atoms with E-state index in [1.807, 2.05) is 38.4 Å². The predicted octanol–water partition coefficient (Wildman–Crippen LogP) is 5.00. The number of pyridine rings is 2. The van der Waals surface area contributed by atoms with E-state index in [9.17, 15) is 19.2 Å². The maximum absolute atomic E-state index is 14.5. The molecule has 4 atom stereocenters. The molecule has 3 aliphatic rings. The summed E-state index contributed by atoms with van der Waals surface area (Å²) in [7, 11) is 4.89. The minimum atomic E-state index is -1.06. The maximum Gasteiger partial charge on any atom is 0.324 e. The number of esters is 1. The first-order chi connectivity index (χ1) is 29.1. The van der Waals surface area contributed by atoms with Crippen LogP contribution in [0.5, 0.6) is 0 Å². The third-order valence-corrected chi connectivity index (χ3v) is 12.9. The highest BCUT2D eigenvalue weighted by molar-refractivity contribution is 7.10. The zero-order valence-corrected chi connectivity index (χ0v) is 37.5. The van der Waals surface area contributed by atoms with Crippen molar-refractivity contribution in [2.45, 2.75) is 104 Å². The largest absolute Gasteiger partial charge is 0.464 e. The van der Waals surface area contributed by atoms with Crippen LogP contribution in [0.1, 0.15) is 76.8 Å². The lowest BCUT2D eigenvalue weighted by Crippen LogP contribution is -2.64. The molecule has 7 rings (SSSR count). The summed E-state index contributed by atoms with van der Waals surface area (Å²) in [4.78, 5) is 74.0. The van der Waals surface area contributed by atoms with Gasteiger partial charge < -0.3 is 33.9 Å². The number of nitrogens with zero attached hydrogens (tertiary/aromatic N) is 7. The summed E-state index contributed by atoms with van der Waals surface area (Å²) in [5, 5.41) is 7.95. The van der Waals surface area contributed by atoms with Crippen LogP contribution in [-0.4, -0.2) is 130 Å². The Labute approximate surface area is 361 Å². The van der Waals surface area contributed by atoms with E-state index in [4.69, 9.17) is 29.2 Å². The van der Waals surface area contributed by atoms with Crippen molar-refractivity contribution in [1.29, 1.82) is 0 Å². The van der Waals surface area contributed by atoms with Gasteiger partial charge in [-0.1, -0.05) is 27.7 Å². The van der Waals surface area contributed by atoms with Gasteiger partial charge in [0.05, 0.1) is 54.0 Å². The van der Waals surface area contributed by atoms with Crippen LogP contribution >= 0.6 is 11.3 Å². The van der Waals surface area contributed by atoms with Crippen molar-refractivity contribution >= 4 is 46.2 Å². The highest BCUT2D eigenvalue weighted by Crippen LogP contribution is 2.41. The van der Waals surface area contributed by atoms with Crippen molar-refractivity contribution in [2.75, 3.05) is 47.5 Å². The molecular weight excluding hydrogens is 799 g/mol. The molecule has 2 saturated heterocycles. The van der Waals surface area contributed by atoms with Gasteiger partial charge in [0.2, 0.25) is 5.91 Å². The molecule has 7 heterocycles. The van der Waals surface area contributed by atoms with Crippen molar-refractivity contribution in [2.24, 2.45) is 11.3 Å². The molecule has 61 heavy (non-hydrogen) atoms. The number of amides is 4. The number of rotatable bonds is 9. The lowest BCUT2D eigenvalue weighted by Gasteiger charge is -2.42. The van der Waals surface area contributed by atoms with Crippen LogP contribution in [0.2, 0.25) is 0 Å². The third-order valence-electron chi connectivity index (χ3n) is 12.1. The number of carbonyl (C=O) groups is 4. The summed E-state index contributed by atoms with van der Waals surface area (Å²) < 4.78 is 19.4. The van der Waals surface area contributed by atoms with Crippen LogP contribution in [0.25, 0.3) is 33.5 Å². The van der Waals surface area contributed by atoms with Crippen LogP contribution in [-0.2, 0) is 48.0 Å².